The summed E-state index contributed by atoms with van der Waals surface area (Å²) in [5, 5.41) is 10.8. The molecule has 0 spiro atoms. The monoisotopic (exact) mass is 442 g/mol. The first-order valence-corrected chi connectivity index (χ1v) is 10.5. The van der Waals surface area contributed by atoms with E-state index in [0.29, 0.717) is 0 Å². The number of halogens is 1. The van der Waals surface area contributed by atoms with Gasteiger partial charge in [-0.05, 0) is 64.9 Å². The molecule has 4 aromatic rings. The molecule has 4 rings (SSSR count). The van der Waals surface area contributed by atoms with Gasteiger partial charge in [0.25, 0.3) is 0 Å². The molecule has 0 saturated heterocycles. The Bertz CT molecular complexity index is 1120. The summed E-state index contributed by atoms with van der Waals surface area (Å²) in [6.07, 6.45) is 0. The van der Waals surface area contributed by atoms with Crippen LogP contribution in [0, 0.1) is 0 Å². The van der Waals surface area contributed by atoms with Crippen LogP contribution in [0.25, 0.3) is 33.4 Å². The van der Waals surface area contributed by atoms with Crippen molar-refractivity contribution in [2.75, 3.05) is 0 Å². The highest BCUT2D eigenvalue weighted by Crippen LogP contribution is 2.39. The average molecular weight is 443 g/mol. The molecule has 0 aliphatic rings. The van der Waals surface area contributed by atoms with Crippen LogP contribution in [0.1, 0.15) is 19.4 Å². The summed E-state index contributed by atoms with van der Waals surface area (Å²) >= 11 is 3.54. The highest BCUT2D eigenvalue weighted by Gasteiger charge is 2.22. The van der Waals surface area contributed by atoms with Crippen LogP contribution in [0.5, 0.6) is 0 Å². The summed E-state index contributed by atoms with van der Waals surface area (Å²) in [5.41, 5.74) is 6.85. The Morgan fingerprint density at radius 2 is 1.14 bits per heavy atom. The van der Waals surface area contributed by atoms with Crippen molar-refractivity contribution in [2.45, 2.75) is 19.4 Å². The normalized spacial score (nSPS) is 11.4. The van der Waals surface area contributed by atoms with Crippen LogP contribution in [0.15, 0.2) is 102 Å². The van der Waals surface area contributed by atoms with Crippen molar-refractivity contribution >= 4 is 15.9 Å². The molecule has 0 atom stereocenters. The molecule has 0 heterocycles. The molecule has 0 fully saturated rings. The Labute approximate surface area is 180 Å². The Balaban J connectivity index is 1.82. The van der Waals surface area contributed by atoms with Gasteiger partial charge >= 0.3 is 0 Å². The minimum Gasteiger partial charge on any atom is -0.386 e. The lowest BCUT2D eigenvalue weighted by Gasteiger charge is -2.23. The SMILES string of the molecule is CC(C)(O)c1cc(Br)ccc1-c1ccccc1-c1ccc(-c2ccccc2)cc1. The zero-order chi connectivity index (χ0) is 20.4. The highest BCUT2D eigenvalue weighted by molar-refractivity contribution is 9.10. The molecule has 1 nitrogen and oxygen atoms in total. The van der Waals surface area contributed by atoms with E-state index in [-0.39, 0.29) is 0 Å². The summed E-state index contributed by atoms with van der Waals surface area (Å²) in [6, 6.07) is 33.6. The van der Waals surface area contributed by atoms with E-state index in [1.165, 1.54) is 11.1 Å². The van der Waals surface area contributed by atoms with E-state index in [2.05, 4.69) is 88.7 Å². The van der Waals surface area contributed by atoms with Gasteiger partial charge < -0.3 is 5.11 Å². The average Bonchev–Trinajstić information content (AvgIpc) is 2.74. The van der Waals surface area contributed by atoms with Crippen molar-refractivity contribution in [3.8, 4) is 33.4 Å². The first-order chi connectivity index (χ1) is 13.9. The van der Waals surface area contributed by atoms with Gasteiger partial charge in [0.05, 0.1) is 5.60 Å². The number of rotatable bonds is 4. The second-order valence-corrected chi connectivity index (χ2v) is 8.65. The van der Waals surface area contributed by atoms with E-state index in [4.69, 9.17) is 0 Å². The molecule has 0 amide bonds. The summed E-state index contributed by atoms with van der Waals surface area (Å²) < 4.78 is 0.961. The van der Waals surface area contributed by atoms with E-state index in [0.717, 1.165) is 32.3 Å². The quantitative estimate of drug-likeness (QED) is 0.343. The van der Waals surface area contributed by atoms with E-state index in [1.54, 1.807) is 0 Å². The van der Waals surface area contributed by atoms with Crippen molar-refractivity contribution in [2.24, 2.45) is 0 Å². The van der Waals surface area contributed by atoms with Crippen molar-refractivity contribution in [1.29, 1.82) is 0 Å². The fraction of sp³-hybridized carbons (Fsp3) is 0.111. The first kappa shape index (κ1) is 19.6. The molecule has 4 aromatic carbocycles. The topological polar surface area (TPSA) is 20.2 Å². The largest absolute Gasteiger partial charge is 0.386 e. The molecule has 0 bridgehead atoms. The fourth-order valence-electron chi connectivity index (χ4n) is 3.70. The van der Waals surface area contributed by atoms with Crippen molar-refractivity contribution in [1.82, 2.24) is 0 Å². The number of hydrogen-bond donors (Lipinski definition) is 1. The summed E-state index contributed by atoms with van der Waals surface area (Å²) in [7, 11) is 0. The van der Waals surface area contributed by atoms with E-state index >= 15 is 0 Å². The van der Waals surface area contributed by atoms with Crippen LogP contribution in [-0.2, 0) is 5.60 Å². The molecule has 0 aromatic heterocycles. The third kappa shape index (κ3) is 4.19. The molecule has 0 aliphatic heterocycles. The van der Waals surface area contributed by atoms with Gasteiger partial charge in [-0.1, -0.05) is 101 Å². The van der Waals surface area contributed by atoms with Crippen LogP contribution >= 0.6 is 15.9 Å². The second kappa shape index (κ2) is 7.98. The van der Waals surface area contributed by atoms with Crippen LogP contribution in [-0.4, -0.2) is 5.11 Å². The van der Waals surface area contributed by atoms with Gasteiger partial charge in [-0.15, -0.1) is 0 Å². The lowest BCUT2D eigenvalue weighted by molar-refractivity contribution is 0.0791. The molecule has 0 aliphatic carbocycles. The number of aliphatic hydroxyl groups is 1. The van der Waals surface area contributed by atoms with E-state index in [1.807, 2.05) is 38.1 Å². The maximum atomic E-state index is 10.8. The van der Waals surface area contributed by atoms with E-state index in [9.17, 15) is 5.11 Å². The summed E-state index contributed by atoms with van der Waals surface area (Å²) in [5.74, 6) is 0. The van der Waals surface area contributed by atoms with Crippen molar-refractivity contribution in [3.63, 3.8) is 0 Å². The molecule has 0 radical (unpaired) electrons. The summed E-state index contributed by atoms with van der Waals surface area (Å²) in [4.78, 5) is 0. The molecular formula is C27H23BrO. The van der Waals surface area contributed by atoms with Gasteiger partial charge in [0.2, 0.25) is 0 Å². The third-order valence-electron chi connectivity index (χ3n) is 5.16. The number of benzene rings is 4. The van der Waals surface area contributed by atoms with Crippen LogP contribution in [0.2, 0.25) is 0 Å². The van der Waals surface area contributed by atoms with Crippen molar-refractivity contribution in [3.05, 3.63) is 107 Å². The van der Waals surface area contributed by atoms with Gasteiger partial charge in [0.1, 0.15) is 0 Å². The molecule has 0 saturated carbocycles. The molecule has 144 valence electrons. The van der Waals surface area contributed by atoms with Crippen LogP contribution in [0.4, 0.5) is 0 Å². The molecular weight excluding hydrogens is 420 g/mol. The van der Waals surface area contributed by atoms with Gasteiger partial charge in [0.15, 0.2) is 0 Å². The molecule has 2 heteroatoms. The maximum Gasteiger partial charge on any atom is 0.0846 e. The molecule has 0 unspecified atom stereocenters. The molecule has 29 heavy (non-hydrogen) atoms. The lowest BCUT2D eigenvalue weighted by atomic mass is 9.86. The van der Waals surface area contributed by atoms with Gasteiger partial charge in [0, 0.05) is 4.47 Å². The van der Waals surface area contributed by atoms with E-state index < -0.39 is 5.60 Å². The summed E-state index contributed by atoms with van der Waals surface area (Å²) in [6.45, 7) is 3.66. The Morgan fingerprint density at radius 1 is 0.586 bits per heavy atom. The molecule has 1 N–H and O–H groups in total. The zero-order valence-electron chi connectivity index (χ0n) is 16.6. The minimum absolute atomic E-state index is 0.903. The standard InChI is InChI=1S/C27H23BrO/c1-27(2,29)26-18-22(28)16-17-25(26)24-11-7-6-10-23(24)21-14-12-20(13-15-21)19-8-4-3-5-9-19/h3-18,29H,1-2H3. The van der Waals surface area contributed by atoms with Crippen LogP contribution in [0.3, 0.4) is 0 Å². The Morgan fingerprint density at radius 3 is 1.79 bits per heavy atom. The van der Waals surface area contributed by atoms with Gasteiger partial charge in [-0.3, -0.25) is 0 Å². The lowest BCUT2D eigenvalue weighted by Crippen LogP contribution is -2.17. The Hall–Kier alpha value is -2.68. The first-order valence-electron chi connectivity index (χ1n) is 9.71. The smallest absolute Gasteiger partial charge is 0.0846 e. The predicted octanol–water partition coefficient (Wildman–Crippen LogP) is 7.68. The number of hydrogen-bond acceptors (Lipinski definition) is 1. The fourth-order valence-corrected chi connectivity index (χ4v) is 4.06. The van der Waals surface area contributed by atoms with Crippen molar-refractivity contribution < 1.29 is 5.11 Å². The highest BCUT2D eigenvalue weighted by atomic mass is 79.9. The van der Waals surface area contributed by atoms with Gasteiger partial charge in [-0.25, -0.2) is 0 Å². The third-order valence-corrected chi connectivity index (χ3v) is 5.65. The maximum absolute atomic E-state index is 10.8. The van der Waals surface area contributed by atoms with Gasteiger partial charge in [-0.2, -0.15) is 0 Å². The zero-order valence-corrected chi connectivity index (χ0v) is 18.1. The Kier molecular flexibility index (Phi) is 5.40. The minimum atomic E-state index is -0.941. The predicted molar refractivity (Wildman–Crippen MR) is 126 cm³/mol. The second-order valence-electron chi connectivity index (χ2n) is 7.74. The van der Waals surface area contributed by atoms with Crippen LogP contribution < -0.4 is 0 Å².